The van der Waals surface area contributed by atoms with Crippen LogP contribution in [0, 0.1) is 5.82 Å². The standard InChI is InChI=1S/C14H17FN4/c1-19(2)8-7-16-14-17-9-12(10-18-14)11-3-5-13(15)6-4-11/h3-6,9-10H,7-8H2,1-2H3,(H,16,17,18). The number of rotatable bonds is 5. The molecule has 5 heteroatoms. The van der Waals surface area contributed by atoms with E-state index in [1.54, 1.807) is 24.5 Å². The summed E-state index contributed by atoms with van der Waals surface area (Å²) in [6.07, 6.45) is 3.47. The van der Waals surface area contributed by atoms with Gasteiger partial charge >= 0.3 is 0 Å². The van der Waals surface area contributed by atoms with Gasteiger partial charge in [0.25, 0.3) is 0 Å². The Balaban J connectivity index is 2.00. The van der Waals surface area contributed by atoms with Gasteiger partial charge in [0.2, 0.25) is 5.95 Å². The zero-order valence-electron chi connectivity index (χ0n) is 11.1. The largest absolute Gasteiger partial charge is 0.353 e. The molecular formula is C14H17FN4. The van der Waals surface area contributed by atoms with E-state index in [0.717, 1.165) is 24.2 Å². The Morgan fingerprint density at radius 3 is 2.26 bits per heavy atom. The molecule has 0 unspecified atom stereocenters. The highest BCUT2D eigenvalue weighted by molar-refractivity contribution is 5.61. The first-order valence-corrected chi connectivity index (χ1v) is 6.12. The Kier molecular flexibility index (Phi) is 4.41. The summed E-state index contributed by atoms with van der Waals surface area (Å²) in [5.74, 6) is 0.361. The molecule has 0 aliphatic heterocycles. The van der Waals surface area contributed by atoms with E-state index in [4.69, 9.17) is 0 Å². The number of nitrogens with one attached hydrogen (secondary N) is 1. The molecule has 0 saturated heterocycles. The molecule has 0 aliphatic carbocycles. The van der Waals surface area contributed by atoms with Crippen LogP contribution in [0.25, 0.3) is 11.1 Å². The van der Waals surface area contributed by atoms with Crippen LogP contribution in [0.4, 0.5) is 10.3 Å². The van der Waals surface area contributed by atoms with Gasteiger partial charge in [-0.3, -0.25) is 0 Å². The van der Waals surface area contributed by atoms with Crippen molar-refractivity contribution in [1.29, 1.82) is 0 Å². The summed E-state index contributed by atoms with van der Waals surface area (Å²) in [5, 5.41) is 3.14. The Bertz CT molecular complexity index is 508. The molecule has 0 bridgehead atoms. The summed E-state index contributed by atoms with van der Waals surface area (Å²) in [5.41, 5.74) is 1.78. The predicted octanol–water partition coefficient (Wildman–Crippen LogP) is 2.26. The summed E-state index contributed by atoms with van der Waals surface area (Å²) in [6, 6.07) is 6.29. The van der Waals surface area contributed by atoms with Crippen LogP contribution >= 0.6 is 0 Å². The molecule has 0 saturated carbocycles. The SMILES string of the molecule is CN(C)CCNc1ncc(-c2ccc(F)cc2)cn1. The van der Waals surface area contributed by atoms with Crippen LogP contribution in [0.1, 0.15) is 0 Å². The Morgan fingerprint density at radius 2 is 1.68 bits per heavy atom. The van der Waals surface area contributed by atoms with Crippen LogP contribution in [-0.4, -0.2) is 42.1 Å². The number of hydrogen-bond donors (Lipinski definition) is 1. The number of benzene rings is 1. The molecule has 100 valence electrons. The minimum atomic E-state index is -0.244. The van der Waals surface area contributed by atoms with E-state index in [0.29, 0.717) is 5.95 Å². The van der Waals surface area contributed by atoms with Crippen molar-refractivity contribution in [3.8, 4) is 11.1 Å². The number of nitrogens with zero attached hydrogens (tertiary/aromatic N) is 3. The highest BCUT2D eigenvalue weighted by Crippen LogP contribution is 2.18. The van der Waals surface area contributed by atoms with Gasteiger partial charge in [-0.25, -0.2) is 14.4 Å². The zero-order valence-corrected chi connectivity index (χ0v) is 11.1. The van der Waals surface area contributed by atoms with Crippen molar-refractivity contribution < 1.29 is 4.39 Å². The molecule has 2 aromatic rings. The number of aromatic nitrogens is 2. The second-order valence-corrected chi connectivity index (χ2v) is 4.53. The minimum Gasteiger partial charge on any atom is -0.353 e. The van der Waals surface area contributed by atoms with E-state index >= 15 is 0 Å². The fraction of sp³-hybridized carbons (Fsp3) is 0.286. The minimum absolute atomic E-state index is 0.244. The lowest BCUT2D eigenvalue weighted by Gasteiger charge is -2.10. The van der Waals surface area contributed by atoms with Crippen molar-refractivity contribution in [3.63, 3.8) is 0 Å². The van der Waals surface area contributed by atoms with Crippen LogP contribution in [0.5, 0.6) is 0 Å². The van der Waals surface area contributed by atoms with E-state index in [1.165, 1.54) is 12.1 Å². The van der Waals surface area contributed by atoms with Gasteiger partial charge in [0.1, 0.15) is 5.82 Å². The van der Waals surface area contributed by atoms with Gasteiger partial charge in [0.15, 0.2) is 0 Å². The maximum absolute atomic E-state index is 12.8. The molecule has 0 fully saturated rings. The van der Waals surface area contributed by atoms with Crippen LogP contribution < -0.4 is 5.32 Å². The summed E-state index contributed by atoms with van der Waals surface area (Å²) < 4.78 is 12.8. The molecule has 0 aliphatic rings. The normalized spacial score (nSPS) is 10.7. The highest BCUT2D eigenvalue weighted by atomic mass is 19.1. The molecule has 0 amide bonds. The van der Waals surface area contributed by atoms with E-state index < -0.39 is 0 Å². The molecule has 1 aromatic carbocycles. The lowest BCUT2D eigenvalue weighted by molar-refractivity contribution is 0.425. The Labute approximate surface area is 112 Å². The average molecular weight is 260 g/mol. The fourth-order valence-electron chi connectivity index (χ4n) is 1.60. The van der Waals surface area contributed by atoms with Gasteiger partial charge in [-0.05, 0) is 31.8 Å². The van der Waals surface area contributed by atoms with Gasteiger partial charge in [-0.15, -0.1) is 0 Å². The monoisotopic (exact) mass is 260 g/mol. The first kappa shape index (κ1) is 13.4. The molecule has 0 atom stereocenters. The molecule has 2 rings (SSSR count). The van der Waals surface area contributed by atoms with E-state index in [1.807, 2.05) is 14.1 Å². The third kappa shape index (κ3) is 3.99. The van der Waals surface area contributed by atoms with Gasteiger partial charge in [0.05, 0.1) is 0 Å². The van der Waals surface area contributed by atoms with Crippen LogP contribution in [0.15, 0.2) is 36.7 Å². The highest BCUT2D eigenvalue weighted by Gasteiger charge is 2.01. The average Bonchev–Trinajstić information content (AvgIpc) is 2.40. The maximum Gasteiger partial charge on any atom is 0.222 e. The second-order valence-electron chi connectivity index (χ2n) is 4.53. The number of anilines is 1. The van der Waals surface area contributed by atoms with Crippen molar-refractivity contribution in [2.45, 2.75) is 0 Å². The number of likely N-dealkylation sites (N-methyl/N-ethyl adjacent to an activating group) is 1. The maximum atomic E-state index is 12.8. The summed E-state index contributed by atoms with van der Waals surface area (Å²) in [6.45, 7) is 1.71. The van der Waals surface area contributed by atoms with Crippen molar-refractivity contribution in [2.24, 2.45) is 0 Å². The first-order chi connectivity index (χ1) is 9.15. The Hall–Kier alpha value is -2.01. The molecular weight excluding hydrogens is 243 g/mol. The van der Waals surface area contributed by atoms with Crippen molar-refractivity contribution in [1.82, 2.24) is 14.9 Å². The first-order valence-electron chi connectivity index (χ1n) is 6.12. The van der Waals surface area contributed by atoms with Gasteiger partial charge < -0.3 is 10.2 Å². The summed E-state index contributed by atoms with van der Waals surface area (Å²) in [7, 11) is 4.03. The second kappa shape index (κ2) is 6.24. The smallest absolute Gasteiger partial charge is 0.222 e. The Morgan fingerprint density at radius 1 is 1.05 bits per heavy atom. The van der Waals surface area contributed by atoms with Gasteiger partial charge in [0, 0.05) is 31.0 Å². The molecule has 0 radical (unpaired) electrons. The van der Waals surface area contributed by atoms with Crippen molar-refractivity contribution in [2.75, 3.05) is 32.5 Å². The van der Waals surface area contributed by atoms with Crippen molar-refractivity contribution >= 4 is 5.95 Å². The molecule has 19 heavy (non-hydrogen) atoms. The predicted molar refractivity (Wildman–Crippen MR) is 74.5 cm³/mol. The van der Waals surface area contributed by atoms with Crippen molar-refractivity contribution in [3.05, 3.63) is 42.5 Å². The molecule has 0 spiro atoms. The molecule has 1 heterocycles. The molecule has 1 N–H and O–H groups in total. The third-order valence-corrected chi connectivity index (χ3v) is 2.67. The van der Waals surface area contributed by atoms with E-state index in [9.17, 15) is 4.39 Å². The fourth-order valence-corrected chi connectivity index (χ4v) is 1.60. The van der Waals surface area contributed by atoms with Crippen LogP contribution in [-0.2, 0) is 0 Å². The number of hydrogen-bond acceptors (Lipinski definition) is 4. The third-order valence-electron chi connectivity index (χ3n) is 2.67. The van der Waals surface area contributed by atoms with Crippen LogP contribution in [0.2, 0.25) is 0 Å². The summed E-state index contributed by atoms with van der Waals surface area (Å²) >= 11 is 0. The van der Waals surface area contributed by atoms with Crippen LogP contribution in [0.3, 0.4) is 0 Å². The zero-order chi connectivity index (χ0) is 13.7. The quantitative estimate of drug-likeness (QED) is 0.895. The van der Waals surface area contributed by atoms with Gasteiger partial charge in [-0.2, -0.15) is 0 Å². The lowest BCUT2D eigenvalue weighted by atomic mass is 10.1. The lowest BCUT2D eigenvalue weighted by Crippen LogP contribution is -2.21. The molecule has 1 aromatic heterocycles. The van der Waals surface area contributed by atoms with E-state index in [-0.39, 0.29) is 5.82 Å². The van der Waals surface area contributed by atoms with E-state index in [2.05, 4.69) is 20.2 Å². The molecule has 4 nitrogen and oxygen atoms in total. The topological polar surface area (TPSA) is 41.0 Å². The summed E-state index contributed by atoms with van der Waals surface area (Å²) in [4.78, 5) is 10.6. The van der Waals surface area contributed by atoms with Gasteiger partial charge in [-0.1, -0.05) is 12.1 Å². The number of halogens is 1.